The molecule has 1 nitrogen and oxygen atoms in total. The van der Waals surface area contributed by atoms with E-state index in [1.54, 1.807) is 0 Å². The number of halogens is 1. The normalized spacial score (nSPS) is 26.9. The molecule has 2 heteroatoms. The van der Waals surface area contributed by atoms with Crippen LogP contribution in [-0.2, 0) is 0 Å². The molecule has 78 valence electrons. The van der Waals surface area contributed by atoms with Crippen LogP contribution in [0.5, 0.6) is 0 Å². The van der Waals surface area contributed by atoms with Crippen LogP contribution in [0, 0.1) is 0 Å². The maximum atomic E-state index is 3.67. The van der Waals surface area contributed by atoms with Crippen LogP contribution in [0.2, 0.25) is 0 Å². The summed E-state index contributed by atoms with van der Waals surface area (Å²) in [5, 5.41) is 3.67. The van der Waals surface area contributed by atoms with Crippen LogP contribution >= 0.6 is 12.4 Å². The molecule has 0 fully saturated rings. The van der Waals surface area contributed by atoms with Crippen LogP contribution in [0.25, 0.3) is 0 Å². The summed E-state index contributed by atoms with van der Waals surface area (Å²) in [6.07, 6.45) is 11.1. The van der Waals surface area contributed by atoms with E-state index in [2.05, 4.69) is 31.3 Å². The summed E-state index contributed by atoms with van der Waals surface area (Å²) in [5.41, 5.74) is 0. The first-order chi connectivity index (χ1) is 5.86. The fourth-order valence-electron chi connectivity index (χ4n) is 1.87. The Kier molecular flexibility index (Phi) is 7.39. The molecule has 0 aromatic heterocycles. The van der Waals surface area contributed by atoms with E-state index in [0.717, 1.165) is 6.04 Å². The average molecular weight is 204 g/mol. The van der Waals surface area contributed by atoms with E-state index in [-0.39, 0.29) is 12.4 Å². The second-order valence-electron chi connectivity index (χ2n) is 3.71. The zero-order valence-electron chi connectivity index (χ0n) is 8.75. The molecule has 1 aliphatic rings. The molecule has 0 aromatic rings. The van der Waals surface area contributed by atoms with E-state index in [1.807, 2.05) is 0 Å². The molecule has 0 aromatic carbocycles. The van der Waals surface area contributed by atoms with Crippen molar-refractivity contribution in [2.45, 2.75) is 58.0 Å². The molecule has 0 saturated carbocycles. The van der Waals surface area contributed by atoms with E-state index in [0.29, 0.717) is 6.04 Å². The summed E-state index contributed by atoms with van der Waals surface area (Å²) in [6.45, 7) is 4.51. The van der Waals surface area contributed by atoms with E-state index in [9.17, 15) is 0 Å². The second kappa shape index (κ2) is 7.40. The highest BCUT2D eigenvalue weighted by Crippen LogP contribution is 2.12. The van der Waals surface area contributed by atoms with Crippen molar-refractivity contribution in [3.05, 3.63) is 12.2 Å². The van der Waals surface area contributed by atoms with E-state index in [1.165, 1.54) is 32.1 Å². The van der Waals surface area contributed by atoms with Gasteiger partial charge in [0.25, 0.3) is 0 Å². The molecule has 13 heavy (non-hydrogen) atoms. The lowest BCUT2D eigenvalue weighted by molar-refractivity contribution is 0.410. The molecule has 1 heterocycles. The average Bonchev–Trinajstić information content (AvgIpc) is 2.06. The molecule has 0 bridgehead atoms. The topological polar surface area (TPSA) is 12.0 Å². The van der Waals surface area contributed by atoms with E-state index in [4.69, 9.17) is 0 Å². The minimum atomic E-state index is 0. The minimum absolute atomic E-state index is 0. The lowest BCUT2D eigenvalue weighted by Gasteiger charge is -2.26. The predicted molar refractivity (Wildman–Crippen MR) is 61.5 cm³/mol. The quantitative estimate of drug-likeness (QED) is 0.692. The maximum absolute atomic E-state index is 3.67. The number of hydrogen-bond donors (Lipinski definition) is 1. The van der Waals surface area contributed by atoms with E-state index >= 15 is 0 Å². The Hall–Kier alpha value is -0.0100. The number of hydrogen-bond acceptors (Lipinski definition) is 1. The number of rotatable bonds is 4. The third-order valence-electron chi connectivity index (χ3n) is 2.48. The highest BCUT2D eigenvalue weighted by Gasteiger charge is 2.14. The van der Waals surface area contributed by atoms with Gasteiger partial charge in [-0.05, 0) is 19.3 Å². The SMILES string of the molecule is CCC[C@H]1CC=C[C@H](CCC)N1.Cl. The van der Waals surface area contributed by atoms with Gasteiger partial charge in [0.2, 0.25) is 0 Å². The van der Waals surface area contributed by atoms with Gasteiger partial charge in [0.05, 0.1) is 0 Å². The van der Waals surface area contributed by atoms with Gasteiger partial charge in [-0.2, -0.15) is 0 Å². The fourth-order valence-corrected chi connectivity index (χ4v) is 1.87. The molecule has 0 unspecified atom stereocenters. The van der Waals surface area contributed by atoms with Crippen molar-refractivity contribution in [1.82, 2.24) is 5.32 Å². The van der Waals surface area contributed by atoms with Crippen LogP contribution in [0.3, 0.4) is 0 Å². The highest BCUT2D eigenvalue weighted by molar-refractivity contribution is 5.85. The van der Waals surface area contributed by atoms with Crippen molar-refractivity contribution in [3.63, 3.8) is 0 Å². The van der Waals surface area contributed by atoms with Crippen molar-refractivity contribution < 1.29 is 0 Å². The number of nitrogens with one attached hydrogen (secondary N) is 1. The lowest BCUT2D eigenvalue weighted by atomic mass is 10.00. The van der Waals surface area contributed by atoms with E-state index < -0.39 is 0 Å². The predicted octanol–water partition coefficient (Wildman–Crippen LogP) is 3.30. The summed E-state index contributed by atoms with van der Waals surface area (Å²) >= 11 is 0. The van der Waals surface area contributed by atoms with Crippen molar-refractivity contribution >= 4 is 12.4 Å². The first kappa shape index (κ1) is 13.0. The zero-order chi connectivity index (χ0) is 8.81. The first-order valence-corrected chi connectivity index (χ1v) is 5.29. The summed E-state index contributed by atoms with van der Waals surface area (Å²) < 4.78 is 0. The molecular weight excluding hydrogens is 182 g/mol. The fraction of sp³-hybridized carbons (Fsp3) is 0.818. The Bertz CT molecular complexity index is 145. The molecule has 1 N–H and O–H groups in total. The van der Waals surface area contributed by atoms with Crippen molar-refractivity contribution in [3.8, 4) is 0 Å². The minimum Gasteiger partial charge on any atom is -0.307 e. The Morgan fingerprint density at radius 2 is 1.92 bits per heavy atom. The van der Waals surface area contributed by atoms with Gasteiger partial charge in [-0.25, -0.2) is 0 Å². The molecule has 0 aliphatic carbocycles. The third-order valence-corrected chi connectivity index (χ3v) is 2.48. The van der Waals surface area contributed by atoms with Crippen LogP contribution in [0.15, 0.2) is 12.2 Å². The highest BCUT2D eigenvalue weighted by atomic mass is 35.5. The van der Waals surface area contributed by atoms with Gasteiger partial charge in [0.1, 0.15) is 0 Å². The molecule has 0 amide bonds. The maximum Gasteiger partial charge on any atom is 0.0252 e. The largest absolute Gasteiger partial charge is 0.307 e. The summed E-state index contributed by atoms with van der Waals surface area (Å²) in [6, 6.07) is 1.40. The third kappa shape index (κ3) is 4.68. The molecule has 0 spiro atoms. The van der Waals surface area contributed by atoms with Gasteiger partial charge < -0.3 is 5.32 Å². The van der Waals surface area contributed by atoms with Crippen molar-refractivity contribution in [2.75, 3.05) is 0 Å². The van der Waals surface area contributed by atoms with Gasteiger partial charge in [0.15, 0.2) is 0 Å². The van der Waals surface area contributed by atoms with Crippen molar-refractivity contribution in [2.24, 2.45) is 0 Å². The van der Waals surface area contributed by atoms with Gasteiger partial charge >= 0.3 is 0 Å². The lowest BCUT2D eigenvalue weighted by Crippen LogP contribution is -2.39. The van der Waals surface area contributed by atoms with Crippen LogP contribution in [0.1, 0.15) is 46.0 Å². The summed E-state index contributed by atoms with van der Waals surface area (Å²) in [4.78, 5) is 0. The van der Waals surface area contributed by atoms with Gasteiger partial charge in [-0.1, -0.05) is 38.8 Å². The van der Waals surface area contributed by atoms with Gasteiger partial charge in [-0.15, -0.1) is 12.4 Å². The van der Waals surface area contributed by atoms with Crippen LogP contribution in [-0.4, -0.2) is 12.1 Å². The Labute approximate surface area is 88.4 Å². The summed E-state index contributed by atoms with van der Waals surface area (Å²) in [7, 11) is 0. The Morgan fingerprint density at radius 1 is 1.23 bits per heavy atom. The van der Waals surface area contributed by atoms with Gasteiger partial charge in [-0.3, -0.25) is 0 Å². The molecule has 1 aliphatic heterocycles. The van der Waals surface area contributed by atoms with Gasteiger partial charge in [0, 0.05) is 12.1 Å². The van der Waals surface area contributed by atoms with Crippen LogP contribution < -0.4 is 5.32 Å². The summed E-state index contributed by atoms with van der Waals surface area (Å²) in [5.74, 6) is 0. The monoisotopic (exact) mass is 203 g/mol. The molecule has 1 rings (SSSR count). The molecule has 2 atom stereocenters. The molecule has 0 saturated heterocycles. The van der Waals surface area contributed by atoms with Crippen LogP contribution in [0.4, 0.5) is 0 Å². The molecule has 0 radical (unpaired) electrons. The van der Waals surface area contributed by atoms with Crippen molar-refractivity contribution in [1.29, 1.82) is 0 Å². The smallest absolute Gasteiger partial charge is 0.0252 e. The Balaban J connectivity index is 0.00000144. The first-order valence-electron chi connectivity index (χ1n) is 5.29. The molecular formula is C11H22ClN. The second-order valence-corrected chi connectivity index (χ2v) is 3.71. The Morgan fingerprint density at radius 3 is 2.54 bits per heavy atom. The zero-order valence-corrected chi connectivity index (χ0v) is 9.57. The standard InChI is InChI=1S/C11H21N.ClH/c1-3-6-10-8-5-9-11(12-10)7-4-2;/h5,8,10-12H,3-4,6-7,9H2,1-2H3;1H/t10-,11-;/m0./s1.